The van der Waals surface area contributed by atoms with Crippen LogP contribution in [0, 0.1) is 17.8 Å². The second-order valence-electron chi connectivity index (χ2n) is 11.3. The lowest BCUT2D eigenvalue weighted by molar-refractivity contribution is -0.355. The molecule has 1 heterocycles. The van der Waals surface area contributed by atoms with E-state index < -0.39 is 88.2 Å². The van der Waals surface area contributed by atoms with Crippen LogP contribution in [0.3, 0.4) is 0 Å². The smallest absolute Gasteiger partial charge is 0.454 e. The Morgan fingerprint density at radius 1 is 0.976 bits per heavy atom. The Labute approximate surface area is 237 Å². The first kappa shape index (κ1) is 31.2. The molecule has 5 fully saturated rings. The molecule has 1 aromatic carbocycles. The summed E-state index contributed by atoms with van der Waals surface area (Å²) in [4.78, 5) is 12.2. The number of sulfonamides is 2. The fourth-order valence-electron chi connectivity index (χ4n) is 6.69. The second kappa shape index (κ2) is 9.64. The molecule has 1 spiro atoms. The van der Waals surface area contributed by atoms with Crippen molar-refractivity contribution in [2.75, 3.05) is 20.3 Å². The first-order chi connectivity index (χ1) is 19.2. The van der Waals surface area contributed by atoms with Crippen molar-refractivity contribution in [2.45, 2.75) is 65.5 Å². The van der Waals surface area contributed by atoms with E-state index in [1.807, 2.05) is 0 Å². The van der Waals surface area contributed by atoms with Gasteiger partial charge in [-0.2, -0.15) is 26.3 Å². The minimum absolute atomic E-state index is 0.0219. The number of hydrogen-bond donors (Lipinski definition) is 0. The molecule has 0 N–H and O–H groups in total. The number of hydrogen-bond acceptors (Lipinski definition) is 8. The van der Waals surface area contributed by atoms with Crippen LogP contribution in [0.15, 0.2) is 35.7 Å². The molecule has 2 atom stereocenters. The number of halogens is 6. The van der Waals surface area contributed by atoms with Gasteiger partial charge in [0.15, 0.2) is 5.79 Å². The molecule has 0 radical (unpaired) electrons. The SMILES string of the molecule is C=Cc1ccc(S(=O)(=O)N(C)S(=O)(=O)C(F)(F)C(=O)OC23CC4CC(C2)C2(OCC(F)(F)C(F)(F)CO2)C(C4)C3)cc1. The molecule has 0 amide bonds. The van der Waals surface area contributed by atoms with Crippen molar-refractivity contribution in [1.29, 1.82) is 0 Å². The Balaban J connectivity index is 1.37. The maximum atomic E-state index is 15.3. The third-order valence-corrected chi connectivity index (χ3v) is 12.9. The van der Waals surface area contributed by atoms with Crippen molar-refractivity contribution >= 4 is 32.1 Å². The van der Waals surface area contributed by atoms with Gasteiger partial charge >= 0.3 is 33.1 Å². The van der Waals surface area contributed by atoms with Crippen LogP contribution in [-0.2, 0) is 39.1 Å². The third kappa shape index (κ3) is 4.57. The van der Waals surface area contributed by atoms with E-state index in [-0.39, 0.29) is 38.0 Å². The number of carbonyl (C=O) groups excluding carboxylic acids is 1. The van der Waals surface area contributed by atoms with Gasteiger partial charge in [0.1, 0.15) is 18.8 Å². The third-order valence-electron chi connectivity index (χ3n) is 8.73. The minimum atomic E-state index is -6.20. The Bertz CT molecular complexity index is 1460. The summed E-state index contributed by atoms with van der Waals surface area (Å²) in [7, 11) is -10.9. The quantitative estimate of drug-likeness (QED) is 0.322. The lowest BCUT2D eigenvalue weighted by Gasteiger charge is -2.63. The van der Waals surface area contributed by atoms with Crippen molar-refractivity contribution in [2.24, 2.45) is 17.8 Å². The summed E-state index contributed by atoms with van der Waals surface area (Å²) >= 11 is 0. The number of nitrogens with zero attached hydrogens (tertiary/aromatic N) is 1. The summed E-state index contributed by atoms with van der Waals surface area (Å²) in [5.41, 5.74) is -1.23. The minimum Gasteiger partial charge on any atom is -0.454 e. The van der Waals surface area contributed by atoms with Crippen LogP contribution in [0.4, 0.5) is 26.3 Å². The maximum Gasteiger partial charge on any atom is 0.455 e. The van der Waals surface area contributed by atoms with E-state index >= 15 is 8.78 Å². The predicted octanol–water partition coefficient (Wildman–Crippen LogP) is 4.01. The number of ether oxygens (including phenoxy) is 3. The van der Waals surface area contributed by atoms with E-state index in [0.29, 0.717) is 12.6 Å². The molecule has 1 aliphatic heterocycles. The number of rotatable bonds is 7. The molecule has 0 aromatic heterocycles. The molecule has 17 heteroatoms. The van der Waals surface area contributed by atoms with Gasteiger partial charge in [-0.1, -0.05) is 28.5 Å². The van der Waals surface area contributed by atoms with Crippen LogP contribution in [0.5, 0.6) is 0 Å². The van der Waals surface area contributed by atoms with Crippen molar-refractivity contribution in [3.05, 3.63) is 36.4 Å². The van der Waals surface area contributed by atoms with E-state index in [1.54, 1.807) is 0 Å². The molecule has 42 heavy (non-hydrogen) atoms. The number of esters is 1. The van der Waals surface area contributed by atoms with E-state index in [1.165, 1.54) is 18.2 Å². The lowest BCUT2D eigenvalue weighted by atomic mass is 9.51. The van der Waals surface area contributed by atoms with Crippen LogP contribution in [0.25, 0.3) is 6.08 Å². The summed E-state index contributed by atoms with van der Waals surface area (Å²) in [6.07, 6.45) is 1.24. The van der Waals surface area contributed by atoms with Gasteiger partial charge in [-0.3, -0.25) is 0 Å². The molecular weight excluding hydrogens is 620 g/mol. The zero-order valence-corrected chi connectivity index (χ0v) is 23.7. The fourth-order valence-corrected chi connectivity index (χ4v) is 9.61. The first-order valence-electron chi connectivity index (χ1n) is 12.8. The van der Waals surface area contributed by atoms with Gasteiger partial charge in [0.2, 0.25) is 0 Å². The second-order valence-corrected chi connectivity index (χ2v) is 15.5. The van der Waals surface area contributed by atoms with Crippen molar-refractivity contribution in [1.82, 2.24) is 3.71 Å². The van der Waals surface area contributed by atoms with Crippen LogP contribution in [0.1, 0.15) is 37.7 Å². The normalized spacial score (nSPS) is 31.6. The first-order valence-corrected chi connectivity index (χ1v) is 15.7. The summed E-state index contributed by atoms with van der Waals surface area (Å²) < 4.78 is 153. The topological polar surface area (TPSA) is 116 Å². The van der Waals surface area contributed by atoms with Crippen molar-refractivity contribution in [3.63, 3.8) is 0 Å². The average Bonchev–Trinajstić information content (AvgIpc) is 3.00. The highest BCUT2D eigenvalue weighted by Crippen LogP contribution is 2.64. The van der Waals surface area contributed by atoms with Crippen molar-refractivity contribution in [3.8, 4) is 0 Å². The van der Waals surface area contributed by atoms with Crippen LogP contribution in [-0.4, -0.2) is 75.3 Å². The highest BCUT2D eigenvalue weighted by molar-refractivity contribution is 8.04. The zero-order chi connectivity index (χ0) is 31.1. The molecule has 2 unspecified atom stereocenters. The standard InChI is InChI=1S/C25H27F6NO8S2/c1-3-15-4-6-19(7-5-15)41(34,35)32(2)42(36,37)25(30,31)20(33)40-21-10-16-8-17(11-21)24(18(9-16)12-21)38-13-22(26,27)23(28,29)14-39-24/h3-7,16-18H,1,8-14H2,2H3. The van der Waals surface area contributed by atoms with Gasteiger partial charge < -0.3 is 14.2 Å². The molecule has 5 aliphatic rings. The van der Waals surface area contributed by atoms with Gasteiger partial charge in [0.05, 0.1) is 4.90 Å². The molecule has 6 rings (SSSR count). The van der Waals surface area contributed by atoms with Crippen LogP contribution >= 0.6 is 0 Å². The summed E-state index contributed by atoms with van der Waals surface area (Å²) in [5.74, 6) is -15.5. The molecule has 1 saturated heterocycles. The monoisotopic (exact) mass is 647 g/mol. The zero-order valence-electron chi connectivity index (χ0n) is 22.1. The highest BCUT2D eigenvalue weighted by Gasteiger charge is 2.71. The molecule has 4 saturated carbocycles. The Hall–Kier alpha value is -2.21. The van der Waals surface area contributed by atoms with Gasteiger partial charge in [-0.15, -0.1) is 0 Å². The molecule has 9 nitrogen and oxygen atoms in total. The molecule has 1 aromatic rings. The lowest BCUT2D eigenvalue weighted by Crippen LogP contribution is -2.67. The number of carbonyl (C=O) groups is 1. The Kier molecular flexibility index (Phi) is 7.17. The van der Waals surface area contributed by atoms with Crippen LogP contribution < -0.4 is 0 Å². The van der Waals surface area contributed by atoms with Gasteiger partial charge in [0, 0.05) is 18.9 Å². The largest absolute Gasteiger partial charge is 0.455 e. The number of benzene rings is 1. The Morgan fingerprint density at radius 2 is 1.48 bits per heavy atom. The van der Waals surface area contributed by atoms with E-state index in [4.69, 9.17) is 14.2 Å². The molecular formula is C25H27F6NO8S2. The Morgan fingerprint density at radius 3 is 1.95 bits per heavy atom. The molecule has 234 valence electrons. The molecule has 4 bridgehead atoms. The van der Waals surface area contributed by atoms with Gasteiger partial charge in [0.25, 0.3) is 10.0 Å². The van der Waals surface area contributed by atoms with E-state index in [0.717, 1.165) is 12.1 Å². The van der Waals surface area contributed by atoms with E-state index in [2.05, 4.69) is 6.58 Å². The van der Waals surface area contributed by atoms with Gasteiger partial charge in [-0.25, -0.2) is 21.6 Å². The summed E-state index contributed by atoms with van der Waals surface area (Å²) in [6, 6.07) is 4.47. The maximum absolute atomic E-state index is 15.3. The molecule has 4 aliphatic carbocycles. The number of alkyl halides is 6. The fraction of sp³-hybridized carbons (Fsp3) is 0.640. The predicted molar refractivity (Wildman–Crippen MR) is 132 cm³/mol. The highest BCUT2D eigenvalue weighted by atomic mass is 32.3. The van der Waals surface area contributed by atoms with Crippen molar-refractivity contribution < 1.29 is 62.2 Å². The van der Waals surface area contributed by atoms with Crippen LogP contribution in [0.2, 0.25) is 0 Å². The summed E-state index contributed by atoms with van der Waals surface area (Å²) in [6.45, 7) is 0.204. The van der Waals surface area contributed by atoms with Gasteiger partial charge in [-0.05, 0) is 55.7 Å². The summed E-state index contributed by atoms with van der Waals surface area (Å²) in [5, 5.41) is -5.35. The average molecular weight is 648 g/mol. The van der Waals surface area contributed by atoms with E-state index in [9.17, 15) is 39.2 Å².